The van der Waals surface area contributed by atoms with E-state index in [0.29, 0.717) is 11.4 Å². The number of benzene rings is 2. The molecule has 0 fully saturated rings. The second-order valence-corrected chi connectivity index (χ2v) is 9.29. The summed E-state index contributed by atoms with van der Waals surface area (Å²) >= 11 is 11.9. The summed E-state index contributed by atoms with van der Waals surface area (Å²) in [5.41, 5.74) is 0.425. The summed E-state index contributed by atoms with van der Waals surface area (Å²) in [6.45, 7) is -0.609. The molecule has 1 atom stereocenters. The molecular weight excluding hydrogens is 455 g/mol. The Hall–Kier alpha value is -2.33. The van der Waals surface area contributed by atoms with Crippen LogP contribution in [0.25, 0.3) is 0 Å². The van der Waals surface area contributed by atoms with E-state index in [9.17, 15) is 18.0 Å². The van der Waals surface area contributed by atoms with E-state index in [1.165, 1.54) is 37.3 Å². The van der Waals surface area contributed by atoms with Gasteiger partial charge in [0.25, 0.3) is 0 Å². The number of halogens is 2. The Labute approximate surface area is 183 Å². The maximum Gasteiger partial charge on any atom is 0.348 e. The summed E-state index contributed by atoms with van der Waals surface area (Å²) < 4.78 is 37.0. The third kappa shape index (κ3) is 4.39. The van der Waals surface area contributed by atoms with E-state index in [-0.39, 0.29) is 21.5 Å². The van der Waals surface area contributed by atoms with Crippen LogP contribution in [-0.4, -0.2) is 58.0 Å². The van der Waals surface area contributed by atoms with Gasteiger partial charge in [-0.15, -0.1) is 0 Å². The molecule has 0 saturated heterocycles. The number of amides is 1. The fraction of sp³-hybridized carbons (Fsp3) is 0.263. The first-order valence-corrected chi connectivity index (χ1v) is 10.9. The van der Waals surface area contributed by atoms with E-state index in [1.54, 1.807) is 24.3 Å². The van der Waals surface area contributed by atoms with Crippen LogP contribution in [0, 0.1) is 0 Å². The lowest BCUT2D eigenvalue weighted by Crippen LogP contribution is -2.50. The van der Waals surface area contributed by atoms with Crippen LogP contribution in [0.3, 0.4) is 0 Å². The maximum atomic E-state index is 13.0. The van der Waals surface area contributed by atoms with E-state index >= 15 is 0 Å². The van der Waals surface area contributed by atoms with Crippen molar-refractivity contribution >= 4 is 50.8 Å². The molecule has 0 radical (unpaired) electrons. The van der Waals surface area contributed by atoms with Crippen LogP contribution >= 0.6 is 23.2 Å². The number of carbonyl (C=O) groups excluding carboxylic acids is 2. The molecule has 30 heavy (non-hydrogen) atoms. The molecule has 8 nitrogen and oxygen atoms in total. The minimum atomic E-state index is -4.09. The quantitative estimate of drug-likeness (QED) is 0.620. The van der Waals surface area contributed by atoms with E-state index in [2.05, 4.69) is 0 Å². The average Bonchev–Trinajstić information content (AvgIpc) is 2.73. The van der Waals surface area contributed by atoms with E-state index in [1.807, 2.05) is 0 Å². The van der Waals surface area contributed by atoms with Crippen LogP contribution in [-0.2, 0) is 24.3 Å². The molecule has 0 bridgehead atoms. The Morgan fingerprint density at radius 2 is 1.93 bits per heavy atom. The molecule has 0 aliphatic carbocycles. The molecule has 1 aliphatic rings. The molecule has 2 aromatic carbocycles. The molecule has 2 aromatic rings. The van der Waals surface area contributed by atoms with Crippen molar-refractivity contribution in [2.24, 2.45) is 0 Å². The molecule has 1 aliphatic heterocycles. The van der Waals surface area contributed by atoms with Gasteiger partial charge in [-0.2, -0.15) is 4.31 Å². The molecular formula is C19H18Cl2N2O6S. The Balaban J connectivity index is 1.87. The van der Waals surface area contributed by atoms with Crippen LogP contribution in [0.15, 0.2) is 47.4 Å². The largest absolute Gasteiger partial charge is 0.475 e. The molecule has 160 valence electrons. The van der Waals surface area contributed by atoms with Crippen molar-refractivity contribution in [2.45, 2.75) is 11.0 Å². The van der Waals surface area contributed by atoms with Crippen molar-refractivity contribution in [1.29, 1.82) is 0 Å². The van der Waals surface area contributed by atoms with Gasteiger partial charge >= 0.3 is 5.97 Å². The van der Waals surface area contributed by atoms with Crippen LogP contribution in [0.5, 0.6) is 5.75 Å². The number of ether oxygens (including phenoxy) is 2. The standard InChI is InChI=1S/C19H18Cl2N2O6S/c1-22(30(26,27)17-9-12(20)7-8-13(17)21)11-18(24)23-10-16(19(25)28-2)29-15-6-4-3-5-14(15)23/h3-9,16H,10-11H2,1-2H3. The third-order valence-electron chi connectivity index (χ3n) is 4.48. The number of hydrogen-bond acceptors (Lipinski definition) is 6. The van der Waals surface area contributed by atoms with Crippen molar-refractivity contribution < 1.29 is 27.5 Å². The van der Waals surface area contributed by atoms with Gasteiger partial charge in [-0.05, 0) is 30.3 Å². The summed E-state index contributed by atoms with van der Waals surface area (Å²) in [6, 6.07) is 10.7. The number of hydrogen-bond donors (Lipinski definition) is 0. The second-order valence-electron chi connectivity index (χ2n) is 6.44. The number of nitrogens with zero attached hydrogens (tertiary/aromatic N) is 2. The second kappa shape index (κ2) is 8.81. The topological polar surface area (TPSA) is 93.2 Å². The summed E-state index contributed by atoms with van der Waals surface area (Å²) in [7, 11) is -1.62. The van der Waals surface area contributed by atoms with Crippen molar-refractivity contribution in [3.05, 3.63) is 52.5 Å². The predicted molar refractivity (Wildman–Crippen MR) is 112 cm³/mol. The highest BCUT2D eigenvalue weighted by Gasteiger charge is 2.36. The zero-order valence-electron chi connectivity index (χ0n) is 16.0. The lowest BCUT2D eigenvalue weighted by Gasteiger charge is -2.34. The number of likely N-dealkylation sites (N-methyl/N-ethyl adjacent to an activating group) is 1. The lowest BCUT2D eigenvalue weighted by atomic mass is 10.2. The zero-order valence-corrected chi connectivity index (χ0v) is 18.4. The van der Waals surface area contributed by atoms with Gasteiger partial charge in [-0.1, -0.05) is 35.3 Å². The molecule has 1 unspecified atom stereocenters. The van der Waals surface area contributed by atoms with Crippen molar-refractivity contribution in [3.8, 4) is 5.75 Å². The van der Waals surface area contributed by atoms with E-state index in [0.717, 1.165) is 4.31 Å². The molecule has 11 heteroatoms. The number of esters is 1. The predicted octanol–water partition coefficient (Wildman–Crippen LogP) is 2.58. The third-order valence-corrected chi connectivity index (χ3v) is 7.00. The number of carbonyl (C=O) groups is 2. The minimum Gasteiger partial charge on any atom is -0.475 e. The van der Waals surface area contributed by atoms with Crippen LogP contribution in [0.4, 0.5) is 5.69 Å². The van der Waals surface area contributed by atoms with Crippen molar-refractivity contribution in [3.63, 3.8) is 0 Å². The van der Waals surface area contributed by atoms with Crippen LogP contribution in [0.1, 0.15) is 0 Å². The van der Waals surface area contributed by atoms with Gasteiger partial charge in [-0.25, -0.2) is 13.2 Å². The number of anilines is 1. The first-order chi connectivity index (χ1) is 14.1. The molecule has 0 N–H and O–H groups in total. The molecule has 0 saturated carbocycles. The monoisotopic (exact) mass is 472 g/mol. The fourth-order valence-electron chi connectivity index (χ4n) is 2.93. The average molecular weight is 473 g/mol. The molecule has 1 heterocycles. The van der Waals surface area contributed by atoms with Crippen LogP contribution in [0.2, 0.25) is 10.0 Å². The summed E-state index contributed by atoms with van der Waals surface area (Å²) in [4.78, 5) is 26.1. The van der Waals surface area contributed by atoms with Crippen molar-refractivity contribution in [1.82, 2.24) is 4.31 Å². The number of methoxy groups -OCH3 is 1. The molecule has 0 aromatic heterocycles. The molecule has 3 rings (SSSR count). The maximum absolute atomic E-state index is 13.0. The Morgan fingerprint density at radius 3 is 2.63 bits per heavy atom. The van der Waals surface area contributed by atoms with Gasteiger partial charge in [0.1, 0.15) is 10.6 Å². The smallest absolute Gasteiger partial charge is 0.348 e. The Morgan fingerprint density at radius 1 is 1.23 bits per heavy atom. The van der Waals surface area contributed by atoms with Gasteiger partial charge in [-0.3, -0.25) is 4.79 Å². The van der Waals surface area contributed by atoms with E-state index in [4.69, 9.17) is 32.7 Å². The molecule has 1 amide bonds. The Bertz CT molecular complexity index is 1090. The minimum absolute atomic E-state index is 0.0128. The molecule has 0 spiro atoms. The van der Waals surface area contributed by atoms with Crippen LogP contribution < -0.4 is 9.64 Å². The summed E-state index contributed by atoms with van der Waals surface area (Å²) in [6.07, 6.45) is -1.03. The van der Waals surface area contributed by atoms with Gasteiger partial charge in [0, 0.05) is 12.1 Å². The van der Waals surface area contributed by atoms with Gasteiger partial charge in [0.05, 0.1) is 30.9 Å². The normalized spacial score (nSPS) is 16.0. The van der Waals surface area contributed by atoms with Crippen molar-refractivity contribution in [2.75, 3.05) is 32.1 Å². The first kappa shape index (κ1) is 22.4. The fourth-order valence-corrected chi connectivity index (χ4v) is 4.78. The summed E-state index contributed by atoms with van der Waals surface area (Å²) in [5.74, 6) is -0.881. The zero-order chi connectivity index (χ0) is 22.1. The lowest BCUT2D eigenvalue weighted by molar-refractivity contribution is -0.148. The highest BCUT2D eigenvalue weighted by atomic mass is 35.5. The summed E-state index contributed by atoms with van der Waals surface area (Å²) in [5, 5.41) is 0.182. The first-order valence-electron chi connectivity index (χ1n) is 8.70. The Kier molecular flexibility index (Phi) is 6.56. The highest BCUT2D eigenvalue weighted by Crippen LogP contribution is 2.34. The van der Waals surface area contributed by atoms with Gasteiger partial charge in [0.15, 0.2) is 0 Å². The van der Waals surface area contributed by atoms with E-state index < -0.39 is 34.5 Å². The number of rotatable bonds is 5. The highest BCUT2D eigenvalue weighted by molar-refractivity contribution is 7.89. The van der Waals surface area contributed by atoms with Gasteiger partial charge < -0.3 is 14.4 Å². The number of sulfonamides is 1. The number of para-hydroxylation sites is 2. The number of fused-ring (bicyclic) bond motifs is 1. The van der Waals surface area contributed by atoms with Gasteiger partial charge in [0.2, 0.25) is 22.0 Å². The SMILES string of the molecule is COC(=O)C1CN(C(=O)CN(C)S(=O)(=O)c2cc(Cl)ccc2Cl)c2ccccc2O1.